The first-order valence-electron chi connectivity index (χ1n) is 7.59. The predicted octanol–water partition coefficient (Wildman–Crippen LogP) is 2.85. The average molecular weight is 254 g/mol. The molecule has 1 saturated carbocycles. The third-order valence-electron chi connectivity index (χ3n) is 4.08. The van der Waals surface area contributed by atoms with Gasteiger partial charge in [0.2, 0.25) is 5.91 Å². The van der Waals surface area contributed by atoms with E-state index in [9.17, 15) is 4.79 Å². The summed E-state index contributed by atoms with van der Waals surface area (Å²) in [4.78, 5) is 12.0. The number of carbonyl (C=O) groups is 1. The Morgan fingerprint density at radius 1 is 1.22 bits per heavy atom. The van der Waals surface area contributed by atoms with Gasteiger partial charge in [-0.25, -0.2) is 0 Å². The molecule has 1 amide bonds. The normalized spacial score (nSPS) is 21.6. The molecule has 0 heterocycles. The summed E-state index contributed by atoms with van der Waals surface area (Å²) in [6.45, 7) is 8.62. The van der Waals surface area contributed by atoms with E-state index in [0.717, 1.165) is 25.2 Å². The summed E-state index contributed by atoms with van der Waals surface area (Å²) in [7, 11) is 0. The first kappa shape index (κ1) is 15.5. The summed E-state index contributed by atoms with van der Waals surface area (Å²) >= 11 is 0. The minimum absolute atomic E-state index is 0.0790. The molecule has 0 radical (unpaired) electrons. The van der Waals surface area contributed by atoms with Crippen molar-refractivity contribution in [3.8, 4) is 0 Å². The van der Waals surface area contributed by atoms with Crippen LogP contribution in [0.3, 0.4) is 0 Å². The molecule has 1 rings (SSSR count). The molecule has 0 aliphatic heterocycles. The Morgan fingerprint density at radius 2 is 1.83 bits per heavy atom. The molecule has 3 heteroatoms. The van der Waals surface area contributed by atoms with Gasteiger partial charge < -0.3 is 10.6 Å². The van der Waals surface area contributed by atoms with Crippen LogP contribution in [0, 0.1) is 5.92 Å². The quantitative estimate of drug-likeness (QED) is 0.733. The van der Waals surface area contributed by atoms with Crippen molar-refractivity contribution in [2.24, 2.45) is 5.92 Å². The van der Waals surface area contributed by atoms with E-state index in [-0.39, 0.29) is 11.9 Å². The van der Waals surface area contributed by atoms with Crippen molar-refractivity contribution in [3.05, 3.63) is 0 Å². The zero-order chi connectivity index (χ0) is 13.5. The molecule has 3 atom stereocenters. The standard InChI is InChI=1S/C15H30N2O/c1-5-11(2)10-12(3)16-13(4)15(18)17-14-8-6-7-9-14/h11-14,16H,5-10H2,1-4H3,(H,17,18). The minimum atomic E-state index is -0.0790. The first-order valence-corrected chi connectivity index (χ1v) is 7.59. The smallest absolute Gasteiger partial charge is 0.237 e. The van der Waals surface area contributed by atoms with Gasteiger partial charge in [0.05, 0.1) is 6.04 Å². The molecule has 0 aromatic rings. The monoisotopic (exact) mass is 254 g/mol. The van der Waals surface area contributed by atoms with Gasteiger partial charge in [-0.1, -0.05) is 33.1 Å². The van der Waals surface area contributed by atoms with Crippen LogP contribution < -0.4 is 10.6 Å². The van der Waals surface area contributed by atoms with Gasteiger partial charge in [-0.3, -0.25) is 4.79 Å². The number of hydrogen-bond donors (Lipinski definition) is 2. The SMILES string of the molecule is CCC(C)CC(C)NC(C)C(=O)NC1CCCC1. The average Bonchev–Trinajstić information content (AvgIpc) is 2.81. The maximum absolute atomic E-state index is 12.0. The van der Waals surface area contributed by atoms with Crippen LogP contribution in [0.5, 0.6) is 0 Å². The van der Waals surface area contributed by atoms with Gasteiger partial charge in [-0.15, -0.1) is 0 Å². The van der Waals surface area contributed by atoms with Crippen LogP contribution in [-0.4, -0.2) is 24.0 Å². The highest BCUT2D eigenvalue weighted by molar-refractivity contribution is 5.81. The van der Waals surface area contributed by atoms with Gasteiger partial charge in [0, 0.05) is 12.1 Å². The van der Waals surface area contributed by atoms with Crippen molar-refractivity contribution in [2.45, 2.75) is 84.3 Å². The Balaban J connectivity index is 2.25. The van der Waals surface area contributed by atoms with Crippen LogP contribution in [0.4, 0.5) is 0 Å². The molecule has 3 unspecified atom stereocenters. The number of nitrogens with one attached hydrogen (secondary N) is 2. The van der Waals surface area contributed by atoms with Crippen molar-refractivity contribution < 1.29 is 4.79 Å². The molecule has 0 aromatic heterocycles. The Kier molecular flexibility index (Phi) is 6.69. The molecule has 18 heavy (non-hydrogen) atoms. The van der Waals surface area contributed by atoms with E-state index >= 15 is 0 Å². The second-order valence-corrected chi connectivity index (χ2v) is 6.03. The highest BCUT2D eigenvalue weighted by atomic mass is 16.2. The summed E-state index contributed by atoms with van der Waals surface area (Å²) in [5.74, 6) is 0.885. The van der Waals surface area contributed by atoms with E-state index in [2.05, 4.69) is 31.4 Å². The van der Waals surface area contributed by atoms with E-state index in [4.69, 9.17) is 0 Å². The summed E-state index contributed by atoms with van der Waals surface area (Å²) in [5.41, 5.74) is 0. The number of amides is 1. The molecule has 2 N–H and O–H groups in total. The molecule has 3 nitrogen and oxygen atoms in total. The predicted molar refractivity (Wildman–Crippen MR) is 76.5 cm³/mol. The van der Waals surface area contributed by atoms with Crippen molar-refractivity contribution in [1.82, 2.24) is 10.6 Å². The van der Waals surface area contributed by atoms with Gasteiger partial charge in [-0.2, -0.15) is 0 Å². The van der Waals surface area contributed by atoms with Crippen molar-refractivity contribution in [1.29, 1.82) is 0 Å². The Hall–Kier alpha value is -0.570. The molecule has 1 aliphatic rings. The van der Waals surface area contributed by atoms with Crippen LogP contribution in [0.2, 0.25) is 0 Å². The lowest BCUT2D eigenvalue weighted by Crippen LogP contribution is -2.48. The molecule has 0 saturated heterocycles. The molecule has 1 fully saturated rings. The highest BCUT2D eigenvalue weighted by Gasteiger charge is 2.21. The van der Waals surface area contributed by atoms with E-state index in [1.165, 1.54) is 19.3 Å². The highest BCUT2D eigenvalue weighted by Crippen LogP contribution is 2.17. The Bertz CT molecular complexity index is 249. The van der Waals surface area contributed by atoms with Gasteiger partial charge in [0.25, 0.3) is 0 Å². The lowest BCUT2D eigenvalue weighted by atomic mass is 10.00. The maximum atomic E-state index is 12.0. The second-order valence-electron chi connectivity index (χ2n) is 6.03. The van der Waals surface area contributed by atoms with Crippen LogP contribution >= 0.6 is 0 Å². The van der Waals surface area contributed by atoms with Gasteiger partial charge in [-0.05, 0) is 39.0 Å². The topological polar surface area (TPSA) is 41.1 Å². The number of rotatable bonds is 7. The summed E-state index contributed by atoms with van der Waals surface area (Å²) < 4.78 is 0. The number of carbonyl (C=O) groups excluding carboxylic acids is 1. The van der Waals surface area contributed by atoms with Crippen molar-refractivity contribution in [3.63, 3.8) is 0 Å². The second kappa shape index (κ2) is 7.78. The summed E-state index contributed by atoms with van der Waals surface area (Å²) in [5, 5.41) is 6.56. The zero-order valence-electron chi connectivity index (χ0n) is 12.5. The Labute approximate surface area is 112 Å². The van der Waals surface area contributed by atoms with Gasteiger partial charge in [0.1, 0.15) is 0 Å². The third kappa shape index (κ3) is 5.38. The Morgan fingerprint density at radius 3 is 2.39 bits per heavy atom. The van der Waals surface area contributed by atoms with Crippen LogP contribution in [0.1, 0.15) is 66.2 Å². The molecule has 0 aromatic carbocycles. The molecule has 0 spiro atoms. The van der Waals surface area contributed by atoms with Crippen molar-refractivity contribution in [2.75, 3.05) is 0 Å². The molecule has 1 aliphatic carbocycles. The summed E-state index contributed by atoms with van der Waals surface area (Å²) in [6, 6.07) is 0.751. The van der Waals surface area contributed by atoms with E-state index in [0.29, 0.717) is 12.1 Å². The third-order valence-corrected chi connectivity index (χ3v) is 4.08. The van der Waals surface area contributed by atoms with Crippen molar-refractivity contribution >= 4 is 5.91 Å². The van der Waals surface area contributed by atoms with Crippen LogP contribution in [0.15, 0.2) is 0 Å². The van der Waals surface area contributed by atoms with Gasteiger partial charge in [0.15, 0.2) is 0 Å². The fraction of sp³-hybridized carbons (Fsp3) is 0.933. The zero-order valence-corrected chi connectivity index (χ0v) is 12.5. The summed E-state index contributed by atoms with van der Waals surface area (Å²) in [6.07, 6.45) is 7.17. The fourth-order valence-corrected chi connectivity index (χ4v) is 2.74. The fourth-order valence-electron chi connectivity index (χ4n) is 2.74. The number of hydrogen-bond acceptors (Lipinski definition) is 2. The van der Waals surface area contributed by atoms with E-state index in [1.807, 2.05) is 6.92 Å². The lowest BCUT2D eigenvalue weighted by Gasteiger charge is -2.23. The minimum Gasteiger partial charge on any atom is -0.352 e. The molecule has 106 valence electrons. The van der Waals surface area contributed by atoms with E-state index in [1.54, 1.807) is 0 Å². The lowest BCUT2D eigenvalue weighted by molar-refractivity contribution is -0.123. The van der Waals surface area contributed by atoms with E-state index < -0.39 is 0 Å². The maximum Gasteiger partial charge on any atom is 0.237 e. The molecule has 0 bridgehead atoms. The van der Waals surface area contributed by atoms with Crippen LogP contribution in [-0.2, 0) is 4.79 Å². The largest absolute Gasteiger partial charge is 0.352 e. The van der Waals surface area contributed by atoms with Crippen LogP contribution in [0.25, 0.3) is 0 Å². The molecular formula is C15H30N2O. The first-order chi connectivity index (χ1) is 8.52. The molecular weight excluding hydrogens is 224 g/mol. The van der Waals surface area contributed by atoms with Gasteiger partial charge >= 0.3 is 0 Å².